The SMILES string of the molecule is C#CCO[C@@H]1[C@@H](OCc2ccccc2)[C@H](O)O[C@H](COCc2ccccc2)[C@@H]1OCc1ccccc1. The van der Waals surface area contributed by atoms with Gasteiger partial charge in [0.25, 0.3) is 0 Å². The molecule has 188 valence electrons. The third-order valence-corrected chi connectivity index (χ3v) is 5.93. The van der Waals surface area contributed by atoms with Crippen molar-refractivity contribution in [3.05, 3.63) is 108 Å². The Labute approximate surface area is 212 Å². The van der Waals surface area contributed by atoms with E-state index in [1.807, 2.05) is 91.0 Å². The first-order chi connectivity index (χ1) is 17.7. The van der Waals surface area contributed by atoms with Crippen LogP contribution in [0.5, 0.6) is 0 Å². The summed E-state index contributed by atoms with van der Waals surface area (Å²) in [6.07, 6.45) is 1.63. The van der Waals surface area contributed by atoms with E-state index >= 15 is 0 Å². The third kappa shape index (κ3) is 7.49. The van der Waals surface area contributed by atoms with Gasteiger partial charge >= 0.3 is 0 Å². The lowest BCUT2D eigenvalue weighted by Gasteiger charge is -2.44. The lowest BCUT2D eigenvalue weighted by atomic mass is 9.98. The molecule has 36 heavy (non-hydrogen) atoms. The van der Waals surface area contributed by atoms with Gasteiger partial charge in [0.15, 0.2) is 6.29 Å². The molecule has 6 heteroatoms. The first-order valence-electron chi connectivity index (χ1n) is 12.1. The lowest BCUT2D eigenvalue weighted by Crippen LogP contribution is -2.61. The molecule has 0 amide bonds. The predicted octanol–water partition coefficient (Wildman–Crippen LogP) is 4.11. The number of benzene rings is 3. The van der Waals surface area contributed by atoms with Crippen LogP contribution >= 0.6 is 0 Å². The molecule has 0 aliphatic carbocycles. The van der Waals surface area contributed by atoms with Crippen LogP contribution in [0, 0.1) is 12.3 Å². The summed E-state index contributed by atoms with van der Waals surface area (Å²) in [5.74, 6) is 2.51. The largest absolute Gasteiger partial charge is 0.374 e. The Hall–Kier alpha value is -3.02. The Kier molecular flexibility index (Phi) is 10.1. The zero-order valence-electron chi connectivity index (χ0n) is 20.1. The second-order valence-corrected chi connectivity index (χ2v) is 8.57. The molecule has 0 saturated carbocycles. The highest BCUT2D eigenvalue weighted by Gasteiger charge is 2.47. The van der Waals surface area contributed by atoms with Gasteiger partial charge < -0.3 is 28.8 Å². The molecular weight excluding hydrogens is 456 g/mol. The standard InChI is InChI=1S/C30H32O6/c1-2-18-33-28-27(34-20-24-14-8-4-9-15-24)26(22-32-19-23-12-6-3-7-13-23)36-30(31)29(28)35-21-25-16-10-5-11-17-25/h1,3-17,26-31H,18-22H2/t26-,27+,28+,29-,30-/m1/s1. The fraction of sp³-hybridized carbons (Fsp3) is 0.333. The second-order valence-electron chi connectivity index (χ2n) is 8.57. The van der Waals surface area contributed by atoms with Crippen LogP contribution in [0.1, 0.15) is 16.7 Å². The molecule has 0 unspecified atom stereocenters. The van der Waals surface area contributed by atoms with Gasteiger partial charge in [-0.05, 0) is 16.7 Å². The second kappa shape index (κ2) is 13.9. The monoisotopic (exact) mass is 488 g/mol. The predicted molar refractivity (Wildman–Crippen MR) is 136 cm³/mol. The number of aliphatic hydroxyl groups excluding tert-OH is 1. The molecule has 6 nitrogen and oxygen atoms in total. The molecule has 0 aromatic heterocycles. The molecule has 1 fully saturated rings. The molecule has 0 spiro atoms. The molecule has 1 saturated heterocycles. The first-order valence-corrected chi connectivity index (χ1v) is 12.1. The maximum absolute atomic E-state index is 10.9. The first kappa shape index (κ1) is 26.1. The van der Waals surface area contributed by atoms with Crippen molar-refractivity contribution in [3.8, 4) is 12.3 Å². The molecule has 1 heterocycles. The fourth-order valence-electron chi connectivity index (χ4n) is 4.14. The average molecular weight is 489 g/mol. The van der Waals surface area contributed by atoms with Crippen LogP contribution in [0.2, 0.25) is 0 Å². The highest BCUT2D eigenvalue weighted by Crippen LogP contribution is 2.29. The number of hydrogen-bond acceptors (Lipinski definition) is 6. The summed E-state index contributed by atoms with van der Waals surface area (Å²) in [7, 11) is 0. The van der Waals surface area contributed by atoms with Crippen molar-refractivity contribution in [1.82, 2.24) is 0 Å². The van der Waals surface area contributed by atoms with E-state index in [2.05, 4.69) is 5.92 Å². The van der Waals surface area contributed by atoms with Gasteiger partial charge in [-0.3, -0.25) is 0 Å². The van der Waals surface area contributed by atoms with E-state index in [1.54, 1.807) is 0 Å². The number of hydrogen-bond donors (Lipinski definition) is 1. The van der Waals surface area contributed by atoms with Crippen molar-refractivity contribution < 1.29 is 28.8 Å². The molecule has 4 rings (SSSR count). The molecular formula is C30H32O6. The minimum atomic E-state index is -1.24. The van der Waals surface area contributed by atoms with Crippen molar-refractivity contribution >= 4 is 0 Å². The molecule has 0 radical (unpaired) electrons. The number of ether oxygens (including phenoxy) is 5. The van der Waals surface area contributed by atoms with Gasteiger partial charge in [0.2, 0.25) is 0 Å². The number of rotatable bonds is 12. The molecule has 5 atom stereocenters. The van der Waals surface area contributed by atoms with Crippen molar-refractivity contribution in [3.63, 3.8) is 0 Å². The van der Waals surface area contributed by atoms with Gasteiger partial charge in [-0.1, -0.05) is 96.9 Å². The van der Waals surface area contributed by atoms with E-state index in [0.29, 0.717) is 13.2 Å². The van der Waals surface area contributed by atoms with E-state index in [0.717, 1.165) is 16.7 Å². The summed E-state index contributed by atoms with van der Waals surface area (Å²) in [6, 6.07) is 29.4. The molecule has 1 N–H and O–H groups in total. The maximum Gasteiger partial charge on any atom is 0.184 e. The van der Waals surface area contributed by atoms with Gasteiger partial charge in [-0.2, -0.15) is 0 Å². The van der Waals surface area contributed by atoms with Crippen LogP contribution in [0.15, 0.2) is 91.0 Å². The van der Waals surface area contributed by atoms with Crippen LogP contribution in [0.25, 0.3) is 0 Å². The van der Waals surface area contributed by atoms with Crippen molar-refractivity contribution in [2.75, 3.05) is 13.2 Å². The Morgan fingerprint density at radius 3 is 1.69 bits per heavy atom. The molecule has 1 aliphatic heterocycles. The smallest absolute Gasteiger partial charge is 0.184 e. The Bertz CT molecular complexity index is 1050. The van der Waals surface area contributed by atoms with Crippen LogP contribution < -0.4 is 0 Å². The summed E-state index contributed by atoms with van der Waals surface area (Å²) in [4.78, 5) is 0. The van der Waals surface area contributed by atoms with Crippen molar-refractivity contribution in [2.45, 2.75) is 50.5 Å². The van der Waals surface area contributed by atoms with Crippen LogP contribution in [-0.2, 0) is 43.5 Å². The Balaban J connectivity index is 1.50. The van der Waals surface area contributed by atoms with Crippen LogP contribution in [-0.4, -0.2) is 49.0 Å². The Morgan fingerprint density at radius 2 is 1.17 bits per heavy atom. The molecule has 3 aromatic rings. The van der Waals surface area contributed by atoms with Crippen LogP contribution in [0.3, 0.4) is 0 Å². The Morgan fingerprint density at radius 1 is 0.667 bits per heavy atom. The molecule has 1 aliphatic rings. The normalized spacial score (nSPS) is 23.7. The summed E-state index contributed by atoms with van der Waals surface area (Å²) >= 11 is 0. The summed E-state index contributed by atoms with van der Waals surface area (Å²) in [5.41, 5.74) is 3.01. The van der Waals surface area contributed by atoms with Crippen molar-refractivity contribution in [2.24, 2.45) is 0 Å². The van der Waals surface area contributed by atoms with Gasteiger partial charge in [0, 0.05) is 0 Å². The van der Waals surface area contributed by atoms with Gasteiger partial charge in [0.1, 0.15) is 31.0 Å². The third-order valence-electron chi connectivity index (χ3n) is 5.93. The van der Waals surface area contributed by atoms with E-state index in [9.17, 15) is 5.11 Å². The molecule has 0 bridgehead atoms. The maximum atomic E-state index is 10.9. The minimum Gasteiger partial charge on any atom is -0.374 e. The van der Waals surface area contributed by atoms with Gasteiger partial charge in [0.05, 0.1) is 26.4 Å². The summed E-state index contributed by atoms with van der Waals surface area (Å²) < 4.78 is 30.4. The lowest BCUT2D eigenvalue weighted by molar-refractivity contribution is -0.314. The van der Waals surface area contributed by atoms with E-state index in [4.69, 9.17) is 30.1 Å². The average Bonchev–Trinajstić information content (AvgIpc) is 2.92. The topological polar surface area (TPSA) is 66.4 Å². The highest BCUT2D eigenvalue weighted by atomic mass is 16.7. The zero-order chi connectivity index (χ0) is 25.0. The van der Waals surface area contributed by atoms with E-state index in [1.165, 1.54) is 0 Å². The summed E-state index contributed by atoms with van der Waals surface area (Å²) in [5, 5.41) is 10.9. The quantitative estimate of drug-likeness (QED) is 0.387. The molecule has 3 aromatic carbocycles. The van der Waals surface area contributed by atoms with Gasteiger partial charge in [-0.15, -0.1) is 6.42 Å². The minimum absolute atomic E-state index is 0.0470. The van der Waals surface area contributed by atoms with Gasteiger partial charge in [-0.25, -0.2) is 0 Å². The van der Waals surface area contributed by atoms with E-state index < -0.39 is 30.7 Å². The van der Waals surface area contributed by atoms with E-state index in [-0.39, 0.29) is 19.8 Å². The fourth-order valence-corrected chi connectivity index (χ4v) is 4.14. The number of terminal acetylenes is 1. The summed E-state index contributed by atoms with van der Waals surface area (Å²) in [6.45, 7) is 1.27. The number of aliphatic hydroxyl groups is 1. The van der Waals surface area contributed by atoms with Crippen LogP contribution in [0.4, 0.5) is 0 Å². The zero-order valence-corrected chi connectivity index (χ0v) is 20.1. The van der Waals surface area contributed by atoms with Crippen molar-refractivity contribution in [1.29, 1.82) is 0 Å². The highest BCUT2D eigenvalue weighted by molar-refractivity contribution is 5.15.